The Morgan fingerprint density at radius 2 is 1.81 bits per heavy atom. The first-order valence-electron chi connectivity index (χ1n) is 9.40. The number of rotatable bonds is 9. The molecule has 146 valence electrons. The quantitative estimate of drug-likeness (QED) is 0.400. The third-order valence-corrected chi connectivity index (χ3v) is 4.37. The zero-order valence-corrected chi connectivity index (χ0v) is 16.3. The Kier molecular flexibility index (Phi) is 7.82. The van der Waals surface area contributed by atoms with Gasteiger partial charge in [-0.05, 0) is 56.9 Å². The van der Waals surface area contributed by atoms with Gasteiger partial charge in [0.1, 0.15) is 5.75 Å². The van der Waals surface area contributed by atoms with Crippen molar-refractivity contribution in [1.29, 1.82) is 5.41 Å². The maximum Gasteiger partial charge on any atom is 0.217 e. The molecule has 2 atom stereocenters. The first-order valence-corrected chi connectivity index (χ1v) is 9.40. The second-order valence-electron chi connectivity index (χ2n) is 7.12. The fourth-order valence-electron chi connectivity index (χ4n) is 2.80. The SMILES string of the molecule is CC(CCc1ccccc1)NCC(O)c1ccc(O)c(C(=N)OC(C)C)c1. The van der Waals surface area contributed by atoms with Crippen LogP contribution in [-0.2, 0) is 11.2 Å². The van der Waals surface area contributed by atoms with Crippen LogP contribution in [0.1, 0.15) is 50.0 Å². The third-order valence-electron chi connectivity index (χ3n) is 4.37. The minimum absolute atomic E-state index is 0.0270. The smallest absolute Gasteiger partial charge is 0.217 e. The van der Waals surface area contributed by atoms with Crippen LogP contribution in [0.2, 0.25) is 0 Å². The number of phenols is 1. The van der Waals surface area contributed by atoms with Gasteiger partial charge >= 0.3 is 0 Å². The Bertz CT molecular complexity index is 732. The highest BCUT2D eigenvalue weighted by Crippen LogP contribution is 2.23. The van der Waals surface area contributed by atoms with Gasteiger partial charge in [0.2, 0.25) is 5.90 Å². The summed E-state index contributed by atoms with van der Waals surface area (Å²) >= 11 is 0. The lowest BCUT2D eigenvalue weighted by Crippen LogP contribution is -2.30. The molecule has 2 rings (SSSR count). The van der Waals surface area contributed by atoms with E-state index in [0.29, 0.717) is 12.1 Å². The lowest BCUT2D eigenvalue weighted by atomic mass is 10.0. The van der Waals surface area contributed by atoms with E-state index in [4.69, 9.17) is 10.1 Å². The van der Waals surface area contributed by atoms with Crippen molar-refractivity contribution in [3.63, 3.8) is 0 Å². The number of aliphatic hydroxyl groups is 1. The summed E-state index contributed by atoms with van der Waals surface area (Å²) in [6.07, 6.45) is 1.08. The van der Waals surface area contributed by atoms with Gasteiger partial charge in [-0.3, -0.25) is 5.41 Å². The maximum atomic E-state index is 10.5. The van der Waals surface area contributed by atoms with Gasteiger partial charge in [-0.15, -0.1) is 0 Å². The van der Waals surface area contributed by atoms with Crippen LogP contribution in [0, 0.1) is 5.41 Å². The van der Waals surface area contributed by atoms with E-state index < -0.39 is 6.10 Å². The molecule has 0 aliphatic carbocycles. The first kappa shape index (κ1) is 20.9. The van der Waals surface area contributed by atoms with Crippen LogP contribution in [0.5, 0.6) is 5.75 Å². The van der Waals surface area contributed by atoms with E-state index in [0.717, 1.165) is 12.8 Å². The average molecular weight is 370 g/mol. The number of phenolic OH excluding ortho intramolecular Hbond substituents is 1. The van der Waals surface area contributed by atoms with Crippen LogP contribution in [0.4, 0.5) is 0 Å². The fourth-order valence-corrected chi connectivity index (χ4v) is 2.80. The van der Waals surface area contributed by atoms with Crippen molar-refractivity contribution in [2.45, 2.75) is 51.9 Å². The van der Waals surface area contributed by atoms with Gasteiger partial charge in [-0.1, -0.05) is 36.4 Å². The van der Waals surface area contributed by atoms with Crippen LogP contribution in [-0.4, -0.2) is 34.8 Å². The predicted molar refractivity (Wildman–Crippen MR) is 108 cm³/mol. The molecule has 0 aromatic heterocycles. The minimum atomic E-state index is -0.727. The molecule has 27 heavy (non-hydrogen) atoms. The summed E-state index contributed by atoms with van der Waals surface area (Å²) in [5, 5.41) is 31.8. The average Bonchev–Trinajstić information content (AvgIpc) is 2.65. The lowest BCUT2D eigenvalue weighted by molar-refractivity contribution is 0.170. The van der Waals surface area contributed by atoms with E-state index in [9.17, 15) is 10.2 Å². The molecule has 0 amide bonds. The molecular formula is C22H30N2O3. The second-order valence-corrected chi connectivity index (χ2v) is 7.12. The zero-order chi connectivity index (χ0) is 19.8. The molecule has 5 nitrogen and oxygen atoms in total. The normalized spacial score (nSPS) is 13.4. The number of aromatic hydroxyl groups is 1. The highest BCUT2D eigenvalue weighted by molar-refractivity contribution is 5.94. The van der Waals surface area contributed by atoms with Crippen LogP contribution < -0.4 is 5.32 Å². The Labute approximate surface area is 161 Å². The molecule has 2 aromatic rings. The summed E-state index contributed by atoms with van der Waals surface area (Å²) in [5.74, 6) is -0.124. The van der Waals surface area contributed by atoms with Gasteiger partial charge < -0.3 is 20.3 Å². The van der Waals surface area contributed by atoms with E-state index in [1.807, 2.05) is 32.0 Å². The number of benzene rings is 2. The van der Waals surface area contributed by atoms with Gasteiger partial charge in [0.15, 0.2) is 0 Å². The molecular weight excluding hydrogens is 340 g/mol. The number of hydrogen-bond acceptors (Lipinski definition) is 5. The second kappa shape index (κ2) is 10.1. The monoisotopic (exact) mass is 370 g/mol. The molecule has 0 saturated carbocycles. The Balaban J connectivity index is 1.89. The van der Waals surface area contributed by atoms with Gasteiger partial charge in [0, 0.05) is 12.6 Å². The molecule has 5 heteroatoms. The Hall–Kier alpha value is -2.37. The topological polar surface area (TPSA) is 85.6 Å². The van der Waals surface area contributed by atoms with Crippen molar-refractivity contribution >= 4 is 5.90 Å². The highest BCUT2D eigenvalue weighted by Gasteiger charge is 2.15. The molecule has 0 aliphatic heterocycles. The number of aryl methyl sites for hydroxylation is 1. The lowest BCUT2D eigenvalue weighted by Gasteiger charge is -2.19. The molecule has 2 aromatic carbocycles. The summed E-state index contributed by atoms with van der Waals surface area (Å²) in [7, 11) is 0. The van der Waals surface area contributed by atoms with Crippen LogP contribution in [0.25, 0.3) is 0 Å². The molecule has 0 heterocycles. The van der Waals surface area contributed by atoms with Crippen molar-refractivity contribution in [1.82, 2.24) is 5.32 Å². The summed E-state index contributed by atoms with van der Waals surface area (Å²) in [6, 6.07) is 15.4. The number of hydrogen-bond donors (Lipinski definition) is 4. The van der Waals surface area contributed by atoms with Crippen molar-refractivity contribution in [3.8, 4) is 5.75 Å². The van der Waals surface area contributed by atoms with E-state index in [2.05, 4.69) is 24.4 Å². The van der Waals surface area contributed by atoms with Gasteiger partial charge in [-0.25, -0.2) is 0 Å². The summed E-state index contributed by atoms with van der Waals surface area (Å²) < 4.78 is 5.35. The summed E-state index contributed by atoms with van der Waals surface area (Å²) in [5.41, 5.74) is 2.23. The number of ether oxygens (including phenoxy) is 1. The van der Waals surface area contributed by atoms with Crippen LogP contribution in [0.15, 0.2) is 48.5 Å². The Morgan fingerprint density at radius 1 is 1.11 bits per heavy atom. The minimum Gasteiger partial charge on any atom is -0.507 e. The molecule has 0 aliphatic rings. The van der Waals surface area contributed by atoms with E-state index in [-0.39, 0.29) is 29.4 Å². The molecule has 0 spiro atoms. The number of nitrogens with one attached hydrogen (secondary N) is 2. The standard InChI is InChI=1S/C22H30N2O3/c1-15(2)27-22(23)19-13-18(11-12-20(19)25)21(26)14-24-16(3)9-10-17-7-5-4-6-8-17/h4-8,11-13,15-16,21,23-26H,9-10,14H2,1-3H3. The zero-order valence-electron chi connectivity index (χ0n) is 16.3. The van der Waals surface area contributed by atoms with Crippen molar-refractivity contribution < 1.29 is 14.9 Å². The molecule has 2 unspecified atom stereocenters. The molecule has 0 radical (unpaired) electrons. The molecule has 0 fully saturated rings. The van der Waals surface area contributed by atoms with Crippen molar-refractivity contribution in [3.05, 3.63) is 65.2 Å². The summed E-state index contributed by atoms with van der Waals surface area (Å²) in [4.78, 5) is 0. The van der Waals surface area contributed by atoms with Crippen LogP contribution in [0.3, 0.4) is 0 Å². The largest absolute Gasteiger partial charge is 0.507 e. The van der Waals surface area contributed by atoms with Gasteiger partial charge in [0.25, 0.3) is 0 Å². The molecule has 4 N–H and O–H groups in total. The van der Waals surface area contributed by atoms with Gasteiger partial charge in [0.05, 0.1) is 17.8 Å². The van der Waals surface area contributed by atoms with E-state index in [1.165, 1.54) is 11.6 Å². The molecule has 0 saturated heterocycles. The van der Waals surface area contributed by atoms with Crippen molar-refractivity contribution in [2.24, 2.45) is 0 Å². The Morgan fingerprint density at radius 3 is 2.48 bits per heavy atom. The van der Waals surface area contributed by atoms with Gasteiger partial charge in [-0.2, -0.15) is 0 Å². The van der Waals surface area contributed by atoms with E-state index >= 15 is 0 Å². The summed E-state index contributed by atoms with van der Waals surface area (Å²) in [6.45, 7) is 6.15. The fraction of sp³-hybridized carbons (Fsp3) is 0.409. The van der Waals surface area contributed by atoms with E-state index in [1.54, 1.807) is 12.1 Å². The number of aliphatic hydroxyl groups excluding tert-OH is 1. The predicted octanol–water partition coefficient (Wildman–Crippen LogP) is 3.79. The van der Waals surface area contributed by atoms with Crippen LogP contribution >= 0.6 is 0 Å². The van der Waals surface area contributed by atoms with Crippen molar-refractivity contribution in [2.75, 3.05) is 6.54 Å². The first-order chi connectivity index (χ1) is 12.9. The third kappa shape index (κ3) is 6.70. The highest BCUT2D eigenvalue weighted by atomic mass is 16.5. The maximum absolute atomic E-state index is 10.5. The molecule has 0 bridgehead atoms.